The third kappa shape index (κ3) is 3.77. The van der Waals surface area contributed by atoms with Crippen LogP contribution in [0.5, 0.6) is 0 Å². The first-order valence-corrected chi connectivity index (χ1v) is 8.89. The molecule has 0 aromatic heterocycles. The van der Waals surface area contributed by atoms with Crippen LogP contribution < -0.4 is 10.6 Å². The molecule has 0 unspecified atom stereocenters. The van der Waals surface area contributed by atoms with Gasteiger partial charge in [0.1, 0.15) is 0 Å². The molecule has 8 heteroatoms. The molecule has 6 nitrogen and oxygen atoms in total. The van der Waals surface area contributed by atoms with Gasteiger partial charge in [0.2, 0.25) is 0 Å². The zero-order valence-electron chi connectivity index (χ0n) is 14.9. The van der Waals surface area contributed by atoms with Crippen LogP contribution in [0.1, 0.15) is 41.5 Å². The topological polar surface area (TPSA) is 78.5 Å². The quantitative estimate of drug-likeness (QED) is 0.687. The molecule has 1 heterocycles. The van der Waals surface area contributed by atoms with E-state index in [0.29, 0.717) is 27.0 Å². The zero-order valence-corrected chi connectivity index (χ0v) is 16.4. The maximum atomic E-state index is 12.6. The molecule has 0 saturated heterocycles. The van der Waals surface area contributed by atoms with E-state index in [1.807, 2.05) is 0 Å². The maximum absolute atomic E-state index is 12.6. The molecule has 1 aliphatic heterocycles. The van der Waals surface area contributed by atoms with E-state index < -0.39 is 11.6 Å². The van der Waals surface area contributed by atoms with Crippen LogP contribution in [0.25, 0.3) is 0 Å². The van der Waals surface area contributed by atoms with Crippen LogP contribution in [0.4, 0.5) is 16.2 Å². The number of anilines is 2. The molecule has 2 aromatic carbocycles. The molecule has 0 spiro atoms. The Morgan fingerprint density at radius 1 is 0.926 bits per heavy atom. The number of amides is 4. The van der Waals surface area contributed by atoms with Crippen LogP contribution >= 0.6 is 23.2 Å². The Kier molecular flexibility index (Phi) is 4.88. The van der Waals surface area contributed by atoms with Crippen molar-refractivity contribution in [3.63, 3.8) is 0 Å². The highest BCUT2D eigenvalue weighted by Gasteiger charge is 2.41. The number of hydrogen-bond acceptors (Lipinski definition) is 3. The molecular formula is C19H17Cl2N3O3. The second-order valence-corrected chi connectivity index (χ2v) is 7.92. The summed E-state index contributed by atoms with van der Waals surface area (Å²) in [5.74, 6) is -0.728. The summed E-state index contributed by atoms with van der Waals surface area (Å²) < 4.78 is 0. The second kappa shape index (κ2) is 6.87. The van der Waals surface area contributed by atoms with Crippen molar-refractivity contribution >= 4 is 52.4 Å². The Morgan fingerprint density at radius 3 is 2.26 bits per heavy atom. The summed E-state index contributed by atoms with van der Waals surface area (Å²) in [4.78, 5) is 38.5. The molecule has 3 rings (SSSR count). The normalized spacial score (nSPS) is 13.6. The third-order valence-corrected chi connectivity index (χ3v) is 4.56. The van der Waals surface area contributed by atoms with Crippen LogP contribution in [0.15, 0.2) is 36.4 Å². The van der Waals surface area contributed by atoms with E-state index in [2.05, 4.69) is 10.6 Å². The molecule has 0 aliphatic carbocycles. The number of urea groups is 1. The van der Waals surface area contributed by atoms with Gasteiger partial charge < -0.3 is 10.6 Å². The monoisotopic (exact) mass is 405 g/mol. The lowest BCUT2D eigenvalue weighted by molar-refractivity contribution is 0.0507. The van der Waals surface area contributed by atoms with Crippen molar-refractivity contribution in [1.82, 2.24) is 4.90 Å². The predicted octanol–water partition coefficient (Wildman–Crippen LogP) is 5.03. The summed E-state index contributed by atoms with van der Waals surface area (Å²) in [6, 6.07) is 8.73. The fourth-order valence-electron chi connectivity index (χ4n) is 2.81. The summed E-state index contributed by atoms with van der Waals surface area (Å²) in [6.07, 6.45) is 0. The van der Waals surface area contributed by atoms with Crippen molar-refractivity contribution in [3.8, 4) is 0 Å². The number of benzene rings is 2. The minimum absolute atomic E-state index is 0.258. The van der Waals surface area contributed by atoms with Gasteiger partial charge in [-0.1, -0.05) is 23.2 Å². The fourth-order valence-corrected chi connectivity index (χ4v) is 3.14. The van der Waals surface area contributed by atoms with Gasteiger partial charge in [-0.2, -0.15) is 0 Å². The van der Waals surface area contributed by atoms with E-state index in [9.17, 15) is 14.4 Å². The highest BCUT2D eigenvalue weighted by molar-refractivity contribution is 6.35. The van der Waals surface area contributed by atoms with Gasteiger partial charge in [-0.15, -0.1) is 0 Å². The third-order valence-electron chi connectivity index (χ3n) is 3.99. The Labute approximate surface area is 166 Å². The van der Waals surface area contributed by atoms with Gasteiger partial charge in [-0.25, -0.2) is 4.79 Å². The summed E-state index contributed by atoms with van der Waals surface area (Å²) >= 11 is 11.9. The largest absolute Gasteiger partial charge is 0.323 e. The standard InChI is InChI=1S/C19H17Cl2N3O3/c1-19(2,3)24-16(25)12-6-5-11(9-13(12)17(24)26)22-18(27)23-15-8-10(20)4-7-14(15)21/h4-9H,1-3H3,(H2,22,23,27). The summed E-state index contributed by atoms with van der Waals surface area (Å²) in [6.45, 7) is 5.36. The predicted molar refractivity (Wildman–Crippen MR) is 106 cm³/mol. The molecule has 0 saturated carbocycles. The zero-order chi connectivity index (χ0) is 19.9. The highest BCUT2D eigenvalue weighted by Crippen LogP contribution is 2.31. The number of hydrogen-bond donors (Lipinski definition) is 2. The minimum atomic E-state index is -0.637. The molecule has 4 amide bonds. The van der Waals surface area contributed by atoms with Gasteiger partial charge in [0.25, 0.3) is 11.8 Å². The molecule has 1 aliphatic rings. The van der Waals surface area contributed by atoms with E-state index in [-0.39, 0.29) is 17.4 Å². The van der Waals surface area contributed by atoms with E-state index in [1.54, 1.807) is 39.0 Å². The number of imide groups is 1. The van der Waals surface area contributed by atoms with Gasteiger partial charge >= 0.3 is 6.03 Å². The number of carbonyl (C=O) groups excluding carboxylic acids is 3. The summed E-state index contributed by atoms with van der Waals surface area (Å²) in [5, 5.41) is 5.98. The fraction of sp³-hybridized carbons (Fsp3) is 0.211. The van der Waals surface area contributed by atoms with Crippen LogP contribution in [-0.2, 0) is 0 Å². The van der Waals surface area contributed by atoms with Gasteiger partial charge in [0, 0.05) is 16.2 Å². The first kappa shape index (κ1) is 19.2. The maximum Gasteiger partial charge on any atom is 0.323 e. The van der Waals surface area contributed by atoms with Gasteiger partial charge in [-0.3, -0.25) is 14.5 Å². The lowest BCUT2D eigenvalue weighted by Gasteiger charge is -2.29. The number of halogens is 2. The Hall–Kier alpha value is -2.57. The van der Waals surface area contributed by atoms with Crippen LogP contribution in [0.3, 0.4) is 0 Å². The molecule has 2 aromatic rings. The molecule has 0 bridgehead atoms. The van der Waals surface area contributed by atoms with Crippen molar-refractivity contribution in [2.24, 2.45) is 0 Å². The van der Waals surface area contributed by atoms with Gasteiger partial charge in [0.15, 0.2) is 0 Å². The van der Waals surface area contributed by atoms with E-state index in [0.717, 1.165) is 0 Å². The average Bonchev–Trinajstić information content (AvgIpc) is 2.81. The number of carbonyl (C=O) groups is 3. The van der Waals surface area contributed by atoms with Crippen molar-refractivity contribution < 1.29 is 14.4 Å². The lowest BCUT2D eigenvalue weighted by Crippen LogP contribution is -2.45. The molecule has 27 heavy (non-hydrogen) atoms. The minimum Gasteiger partial charge on any atom is -0.308 e. The SMILES string of the molecule is CC(C)(C)N1C(=O)c2ccc(NC(=O)Nc3cc(Cl)ccc3Cl)cc2C1=O. The van der Waals surface area contributed by atoms with E-state index >= 15 is 0 Å². The Balaban J connectivity index is 1.80. The summed E-state index contributed by atoms with van der Waals surface area (Å²) in [5.41, 5.74) is 0.670. The first-order valence-electron chi connectivity index (χ1n) is 8.14. The second-order valence-electron chi connectivity index (χ2n) is 7.08. The van der Waals surface area contributed by atoms with Crippen LogP contribution in [-0.4, -0.2) is 28.3 Å². The number of nitrogens with zero attached hydrogens (tertiary/aromatic N) is 1. The Bertz CT molecular complexity index is 967. The molecular weight excluding hydrogens is 389 g/mol. The average molecular weight is 406 g/mol. The molecule has 2 N–H and O–H groups in total. The Morgan fingerprint density at radius 2 is 1.59 bits per heavy atom. The van der Waals surface area contributed by atoms with Crippen molar-refractivity contribution in [2.75, 3.05) is 10.6 Å². The van der Waals surface area contributed by atoms with Crippen molar-refractivity contribution in [1.29, 1.82) is 0 Å². The smallest absolute Gasteiger partial charge is 0.308 e. The van der Waals surface area contributed by atoms with Crippen LogP contribution in [0, 0.1) is 0 Å². The van der Waals surface area contributed by atoms with Crippen molar-refractivity contribution in [2.45, 2.75) is 26.3 Å². The number of fused-ring (bicyclic) bond motifs is 1. The summed E-state index contributed by atoms with van der Waals surface area (Å²) in [7, 11) is 0. The van der Waals surface area contributed by atoms with Gasteiger partial charge in [0.05, 0.1) is 21.8 Å². The van der Waals surface area contributed by atoms with Gasteiger partial charge in [-0.05, 0) is 57.2 Å². The van der Waals surface area contributed by atoms with E-state index in [1.165, 1.54) is 23.1 Å². The number of nitrogens with one attached hydrogen (secondary N) is 2. The van der Waals surface area contributed by atoms with Crippen LogP contribution in [0.2, 0.25) is 10.0 Å². The molecule has 0 radical (unpaired) electrons. The highest BCUT2D eigenvalue weighted by atomic mass is 35.5. The molecule has 0 fully saturated rings. The van der Waals surface area contributed by atoms with E-state index in [4.69, 9.17) is 23.2 Å². The lowest BCUT2D eigenvalue weighted by atomic mass is 10.1. The number of rotatable bonds is 2. The molecule has 0 atom stereocenters. The molecule has 140 valence electrons. The first-order chi connectivity index (χ1) is 12.6. The van der Waals surface area contributed by atoms with Crippen molar-refractivity contribution in [3.05, 3.63) is 57.6 Å².